The molecule has 0 spiro atoms. The van der Waals surface area contributed by atoms with Gasteiger partial charge in [0.15, 0.2) is 0 Å². The summed E-state index contributed by atoms with van der Waals surface area (Å²) in [6.07, 6.45) is 7.22. The van der Waals surface area contributed by atoms with Crippen LogP contribution in [0.3, 0.4) is 0 Å². The van der Waals surface area contributed by atoms with Crippen LogP contribution in [0.2, 0.25) is 0 Å². The van der Waals surface area contributed by atoms with Crippen molar-refractivity contribution in [2.45, 2.75) is 51.9 Å². The minimum Gasteiger partial charge on any atom is -0.300 e. The van der Waals surface area contributed by atoms with E-state index in [4.69, 9.17) is 0 Å². The van der Waals surface area contributed by atoms with E-state index in [1.165, 1.54) is 24.8 Å². The van der Waals surface area contributed by atoms with Gasteiger partial charge in [-0.05, 0) is 35.2 Å². The van der Waals surface area contributed by atoms with Gasteiger partial charge in [-0.1, -0.05) is 26.2 Å². The van der Waals surface area contributed by atoms with Gasteiger partial charge in [-0.3, -0.25) is 4.79 Å². The van der Waals surface area contributed by atoms with E-state index in [9.17, 15) is 4.79 Å². The molecule has 1 rings (SSSR count). The average Bonchev–Trinajstić information content (AvgIpc) is 2.74. The maximum absolute atomic E-state index is 11.5. The van der Waals surface area contributed by atoms with Crippen molar-refractivity contribution in [2.75, 3.05) is 0 Å². The Labute approximate surface area is 96.5 Å². The molecule has 0 aliphatic rings. The van der Waals surface area contributed by atoms with Gasteiger partial charge in [0, 0.05) is 12.8 Å². The number of carbonyl (C=O) groups is 1. The van der Waals surface area contributed by atoms with Gasteiger partial charge in [-0.25, -0.2) is 0 Å². The predicted molar refractivity (Wildman–Crippen MR) is 66.4 cm³/mol. The number of thiophene rings is 1. The summed E-state index contributed by atoms with van der Waals surface area (Å²) in [4.78, 5) is 11.5. The Morgan fingerprint density at radius 3 is 2.80 bits per heavy atom. The summed E-state index contributed by atoms with van der Waals surface area (Å²) in [5.41, 5.74) is 1.31. The molecule has 1 aromatic rings. The molecule has 0 fully saturated rings. The Hall–Kier alpha value is -0.630. The lowest BCUT2D eigenvalue weighted by Gasteiger charge is -1.99. The highest BCUT2D eigenvalue weighted by atomic mass is 32.1. The Morgan fingerprint density at radius 1 is 1.27 bits per heavy atom. The molecule has 0 saturated heterocycles. The fourth-order valence-corrected chi connectivity index (χ4v) is 2.30. The van der Waals surface area contributed by atoms with E-state index in [0.717, 1.165) is 25.7 Å². The lowest BCUT2D eigenvalue weighted by atomic mass is 10.1. The molecule has 0 amide bonds. The molecule has 15 heavy (non-hydrogen) atoms. The Kier molecular flexibility index (Phi) is 6.33. The van der Waals surface area contributed by atoms with Crippen LogP contribution >= 0.6 is 11.3 Å². The summed E-state index contributed by atoms with van der Waals surface area (Å²) in [5.74, 6) is 0.428. The number of Topliss-reactive ketones (excluding diaryl/α,β-unsaturated/α-hetero) is 1. The molecule has 2 heteroatoms. The molecule has 0 saturated carbocycles. The fraction of sp³-hybridized carbons (Fsp3) is 0.615. The number of hydrogen-bond donors (Lipinski definition) is 0. The second-order valence-electron chi connectivity index (χ2n) is 3.98. The van der Waals surface area contributed by atoms with Crippen LogP contribution in [-0.2, 0) is 11.2 Å². The molecule has 1 aromatic heterocycles. The van der Waals surface area contributed by atoms with Crippen molar-refractivity contribution in [3.8, 4) is 0 Å². The zero-order valence-corrected chi connectivity index (χ0v) is 10.3. The molecule has 0 aliphatic heterocycles. The van der Waals surface area contributed by atoms with Crippen molar-refractivity contribution in [3.63, 3.8) is 0 Å². The van der Waals surface area contributed by atoms with Gasteiger partial charge < -0.3 is 0 Å². The number of unbranched alkanes of at least 4 members (excludes halogenated alkanes) is 3. The standard InChI is InChI=1S/C13H20OS/c1-2-3-4-5-6-13(14)8-7-12-9-10-15-11-12/h9-11H,2-8H2,1H3. The lowest BCUT2D eigenvalue weighted by Crippen LogP contribution is -1.99. The quantitative estimate of drug-likeness (QED) is 0.604. The SMILES string of the molecule is CCCCCCC(=O)CCc1ccsc1. The molecule has 0 atom stereocenters. The second-order valence-corrected chi connectivity index (χ2v) is 4.76. The van der Waals surface area contributed by atoms with Gasteiger partial charge in [-0.15, -0.1) is 0 Å². The molecule has 1 heterocycles. The number of rotatable bonds is 8. The molecule has 0 unspecified atom stereocenters. The summed E-state index contributed by atoms with van der Waals surface area (Å²) in [6.45, 7) is 2.19. The van der Waals surface area contributed by atoms with Crippen LogP contribution in [0, 0.1) is 0 Å². The first kappa shape index (κ1) is 12.4. The smallest absolute Gasteiger partial charge is 0.133 e. The normalized spacial score (nSPS) is 10.5. The van der Waals surface area contributed by atoms with Crippen molar-refractivity contribution < 1.29 is 4.79 Å². The zero-order chi connectivity index (χ0) is 10.9. The van der Waals surface area contributed by atoms with Gasteiger partial charge in [-0.2, -0.15) is 11.3 Å². The highest BCUT2D eigenvalue weighted by Crippen LogP contribution is 2.10. The number of ketones is 1. The van der Waals surface area contributed by atoms with Gasteiger partial charge >= 0.3 is 0 Å². The Balaban J connectivity index is 2.04. The first-order valence-corrected chi connectivity index (χ1v) is 6.80. The third-order valence-corrected chi connectivity index (χ3v) is 3.31. The third-order valence-electron chi connectivity index (χ3n) is 2.58. The molecule has 0 N–H and O–H groups in total. The average molecular weight is 224 g/mol. The van der Waals surface area contributed by atoms with Gasteiger partial charge in [0.1, 0.15) is 5.78 Å². The van der Waals surface area contributed by atoms with E-state index in [1.807, 2.05) is 0 Å². The highest BCUT2D eigenvalue weighted by molar-refractivity contribution is 7.07. The zero-order valence-electron chi connectivity index (χ0n) is 9.50. The van der Waals surface area contributed by atoms with Crippen LogP contribution in [0.4, 0.5) is 0 Å². The topological polar surface area (TPSA) is 17.1 Å². The van der Waals surface area contributed by atoms with Gasteiger partial charge in [0.2, 0.25) is 0 Å². The number of hydrogen-bond acceptors (Lipinski definition) is 2. The van der Waals surface area contributed by atoms with Gasteiger partial charge in [0.05, 0.1) is 0 Å². The maximum Gasteiger partial charge on any atom is 0.133 e. The molecule has 0 bridgehead atoms. The van der Waals surface area contributed by atoms with E-state index in [1.54, 1.807) is 11.3 Å². The van der Waals surface area contributed by atoms with E-state index in [2.05, 4.69) is 23.8 Å². The third kappa shape index (κ3) is 5.73. The largest absolute Gasteiger partial charge is 0.300 e. The van der Waals surface area contributed by atoms with Crippen molar-refractivity contribution in [1.29, 1.82) is 0 Å². The summed E-state index contributed by atoms with van der Waals surface area (Å²) in [6, 6.07) is 2.11. The second kappa shape index (κ2) is 7.63. The van der Waals surface area contributed by atoms with E-state index in [-0.39, 0.29) is 0 Å². The van der Waals surface area contributed by atoms with Crippen molar-refractivity contribution in [2.24, 2.45) is 0 Å². The molecular weight excluding hydrogens is 204 g/mol. The summed E-state index contributed by atoms with van der Waals surface area (Å²) >= 11 is 1.70. The predicted octanol–water partition coefficient (Wildman–Crippen LogP) is 4.22. The molecule has 0 aliphatic carbocycles. The van der Waals surface area contributed by atoms with E-state index < -0.39 is 0 Å². The molecule has 0 aromatic carbocycles. The number of aryl methyl sites for hydroxylation is 1. The maximum atomic E-state index is 11.5. The number of carbonyl (C=O) groups excluding carboxylic acids is 1. The van der Waals surface area contributed by atoms with Crippen LogP contribution in [0.15, 0.2) is 16.8 Å². The summed E-state index contributed by atoms with van der Waals surface area (Å²) in [5, 5.41) is 4.20. The van der Waals surface area contributed by atoms with E-state index in [0.29, 0.717) is 5.78 Å². The van der Waals surface area contributed by atoms with Crippen molar-refractivity contribution in [1.82, 2.24) is 0 Å². The van der Waals surface area contributed by atoms with Crippen molar-refractivity contribution >= 4 is 17.1 Å². The molecule has 0 radical (unpaired) electrons. The van der Waals surface area contributed by atoms with Crippen LogP contribution < -0.4 is 0 Å². The van der Waals surface area contributed by atoms with Gasteiger partial charge in [0.25, 0.3) is 0 Å². The molecule has 84 valence electrons. The first-order chi connectivity index (χ1) is 7.33. The van der Waals surface area contributed by atoms with Crippen molar-refractivity contribution in [3.05, 3.63) is 22.4 Å². The highest BCUT2D eigenvalue weighted by Gasteiger charge is 2.02. The van der Waals surface area contributed by atoms with E-state index >= 15 is 0 Å². The Bertz CT molecular complexity index is 264. The minimum absolute atomic E-state index is 0.428. The fourth-order valence-electron chi connectivity index (χ4n) is 1.59. The van der Waals surface area contributed by atoms with Crippen LogP contribution in [-0.4, -0.2) is 5.78 Å². The monoisotopic (exact) mass is 224 g/mol. The summed E-state index contributed by atoms with van der Waals surface area (Å²) < 4.78 is 0. The summed E-state index contributed by atoms with van der Waals surface area (Å²) in [7, 11) is 0. The van der Waals surface area contributed by atoms with Crippen LogP contribution in [0.25, 0.3) is 0 Å². The molecular formula is C13H20OS. The lowest BCUT2D eigenvalue weighted by molar-refractivity contribution is -0.119. The first-order valence-electron chi connectivity index (χ1n) is 5.85. The Morgan fingerprint density at radius 2 is 2.13 bits per heavy atom. The van der Waals surface area contributed by atoms with Crippen LogP contribution in [0.1, 0.15) is 51.0 Å². The van der Waals surface area contributed by atoms with Crippen LogP contribution in [0.5, 0.6) is 0 Å². The minimum atomic E-state index is 0.428. The molecule has 1 nitrogen and oxygen atoms in total.